The molecule has 82 valence electrons. The van der Waals surface area contributed by atoms with Crippen LogP contribution in [0.3, 0.4) is 0 Å². The Bertz CT molecular complexity index is 344. The van der Waals surface area contributed by atoms with Gasteiger partial charge in [-0.05, 0) is 25.3 Å². The van der Waals surface area contributed by atoms with E-state index in [0.717, 1.165) is 12.2 Å². The molecule has 1 atom stereocenters. The Kier molecular flexibility index (Phi) is 2.70. The van der Waals surface area contributed by atoms with Gasteiger partial charge in [0.25, 0.3) is 0 Å². The number of methoxy groups -OCH3 is 1. The van der Waals surface area contributed by atoms with Crippen LogP contribution in [0.5, 0.6) is 5.75 Å². The van der Waals surface area contributed by atoms with Crippen LogP contribution in [0, 0.1) is 0 Å². The van der Waals surface area contributed by atoms with Crippen LogP contribution >= 0.6 is 0 Å². The van der Waals surface area contributed by atoms with Crippen molar-refractivity contribution in [2.24, 2.45) is 5.73 Å². The maximum Gasteiger partial charge on any atom is 0.122 e. The Morgan fingerprint density at radius 1 is 1.40 bits per heavy atom. The van der Waals surface area contributed by atoms with Crippen LogP contribution in [-0.2, 0) is 5.41 Å². The van der Waals surface area contributed by atoms with Crippen molar-refractivity contribution in [1.29, 1.82) is 0 Å². The van der Waals surface area contributed by atoms with Crippen LogP contribution in [0.25, 0.3) is 0 Å². The smallest absolute Gasteiger partial charge is 0.122 e. The average molecular weight is 205 g/mol. The predicted octanol–water partition coefficient (Wildman–Crippen LogP) is 2.46. The lowest BCUT2D eigenvalue weighted by Gasteiger charge is -2.24. The Labute approximate surface area is 91.4 Å². The minimum Gasteiger partial charge on any atom is -0.496 e. The fraction of sp³-hybridized carbons (Fsp3) is 0.538. The number of rotatable bonds is 4. The first kappa shape index (κ1) is 10.5. The van der Waals surface area contributed by atoms with Gasteiger partial charge in [0.05, 0.1) is 7.11 Å². The molecule has 0 spiro atoms. The first-order chi connectivity index (χ1) is 7.24. The van der Waals surface area contributed by atoms with Crippen LogP contribution in [0.1, 0.15) is 31.7 Å². The molecule has 0 aliphatic heterocycles. The number of hydrogen-bond acceptors (Lipinski definition) is 2. The molecular formula is C13H19NO. The molecule has 1 aromatic rings. The van der Waals surface area contributed by atoms with E-state index in [9.17, 15) is 0 Å². The summed E-state index contributed by atoms with van der Waals surface area (Å²) in [6.07, 6.45) is 3.42. The average Bonchev–Trinajstić information content (AvgIpc) is 3.09. The lowest BCUT2D eigenvalue weighted by molar-refractivity contribution is 0.394. The highest BCUT2D eigenvalue weighted by atomic mass is 16.5. The summed E-state index contributed by atoms with van der Waals surface area (Å²) in [5, 5.41) is 0. The summed E-state index contributed by atoms with van der Waals surface area (Å²) in [4.78, 5) is 0. The summed E-state index contributed by atoms with van der Waals surface area (Å²) in [6, 6.07) is 8.52. The second-order valence-corrected chi connectivity index (χ2v) is 4.37. The zero-order chi connectivity index (χ0) is 10.9. The second kappa shape index (κ2) is 3.86. The molecule has 2 rings (SSSR count). The number of benzene rings is 1. The van der Waals surface area contributed by atoms with Crippen molar-refractivity contribution >= 4 is 0 Å². The summed E-state index contributed by atoms with van der Waals surface area (Å²) in [5.74, 6) is 0.985. The van der Waals surface area contributed by atoms with Crippen LogP contribution < -0.4 is 10.5 Å². The van der Waals surface area contributed by atoms with Gasteiger partial charge < -0.3 is 10.5 Å². The predicted molar refractivity (Wildman–Crippen MR) is 62.2 cm³/mol. The van der Waals surface area contributed by atoms with E-state index in [1.54, 1.807) is 7.11 Å². The van der Waals surface area contributed by atoms with E-state index < -0.39 is 0 Å². The highest BCUT2D eigenvalue weighted by molar-refractivity contribution is 5.44. The third-order valence-electron chi connectivity index (χ3n) is 3.58. The standard InChI is InChI=1S/C13H19NO/c1-3-12(14)13(8-9-13)10-6-4-5-7-11(10)15-2/h4-7,12H,3,8-9,14H2,1-2H3. The maximum absolute atomic E-state index is 6.21. The van der Waals surface area contributed by atoms with E-state index in [1.165, 1.54) is 18.4 Å². The fourth-order valence-electron chi connectivity index (χ4n) is 2.42. The van der Waals surface area contributed by atoms with Gasteiger partial charge in [-0.25, -0.2) is 0 Å². The normalized spacial score (nSPS) is 19.7. The van der Waals surface area contributed by atoms with Gasteiger partial charge in [-0.15, -0.1) is 0 Å². The molecule has 2 heteroatoms. The number of ether oxygens (including phenoxy) is 1. The van der Waals surface area contributed by atoms with Crippen LogP contribution in [-0.4, -0.2) is 13.2 Å². The van der Waals surface area contributed by atoms with E-state index >= 15 is 0 Å². The molecule has 1 aliphatic rings. The van der Waals surface area contributed by atoms with Gasteiger partial charge in [0.2, 0.25) is 0 Å². The molecule has 0 heterocycles. The minimum absolute atomic E-state index is 0.196. The molecule has 0 radical (unpaired) electrons. The van der Waals surface area contributed by atoms with Gasteiger partial charge in [-0.2, -0.15) is 0 Å². The number of nitrogens with two attached hydrogens (primary N) is 1. The molecule has 0 bridgehead atoms. The van der Waals surface area contributed by atoms with Crippen molar-refractivity contribution in [2.45, 2.75) is 37.6 Å². The first-order valence-corrected chi connectivity index (χ1v) is 5.63. The van der Waals surface area contributed by atoms with Crippen LogP contribution in [0.2, 0.25) is 0 Å². The Hall–Kier alpha value is -1.02. The van der Waals surface area contributed by atoms with Gasteiger partial charge in [-0.1, -0.05) is 25.1 Å². The van der Waals surface area contributed by atoms with Crippen molar-refractivity contribution in [2.75, 3.05) is 7.11 Å². The monoisotopic (exact) mass is 205 g/mol. The van der Waals surface area contributed by atoms with Crippen molar-refractivity contribution < 1.29 is 4.74 Å². The largest absolute Gasteiger partial charge is 0.496 e. The summed E-state index contributed by atoms with van der Waals surface area (Å²) < 4.78 is 5.41. The molecule has 1 unspecified atom stereocenters. The second-order valence-electron chi connectivity index (χ2n) is 4.37. The molecule has 2 N–H and O–H groups in total. The molecule has 1 saturated carbocycles. The van der Waals surface area contributed by atoms with E-state index in [2.05, 4.69) is 19.1 Å². The summed E-state index contributed by atoms with van der Waals surface area (Å²) in [6.45, 7) is 2.15. The molecule has 15 heavy (non-hydrogen) atoms. The third kappa shape index (κ3) is 1.63. The molecular weight excluding hydrogens is 186 g/mol. The summed E-state index contributed by atoms with van der Waals surface area (Å²) in [7, 11) is 1.73. The van der Waals surface area contributed by atoms with Crippen molar-refractivity contribution in [1.82, 2.24) is 0 Å². The third-order valence-corrected chi connectivity index (χ3v) is 3.58. The number of hydrogen-bond donors (Lipinski definition) is 1. The van der Waals surface area contributed by atoms with Gasteiger partial charge in [-0.3, -0.25) is 0 Å². The molecule has 1 aliphatic carbocycles. The first-order valence-electron chi connectivity index (χ1n) is 5.63. The van der Waals surface area contributed by atoms with E-state index in [1.807, 2.05) is 12.1 Å². The van der Waals surface area contributed by atoms with Gasteiger partial charge in [0.15, 0.2) is 0 Å². The van der Waals surface area contributed by atoms with Crippen LogP contribution in [0.15, 0.2) is 24.3 Å². The molecule has 1 aromatic carbocycles. The Balaban J connectivity index is 2.36. The molecule has 1 fully saturated rings. The van der Waals surface area contributed by atoms with Gasteiger partial charge >= 0.3 is 0 Å². The zero-order valence-corrected chi connectivity index (χ0v) is 9.49. The van der Waals surface area contributed by atoms with E-state index in [-0.39, 0.29) is 11.5 Å². The molecule has 0 aromatic heterocycles. The van der Waals surface area contributed by atoms with Crippen LogP contribution in [0.4, 0.5) is 0 Å². The Morgan fingerprint density at radius 3 is 2.60 bits per heavy atom. The quantitative estimate of drug-likeness (QED) is 0.819. The topological polar surface area (TPSA) is 35.2 Å². The van der Waals surface area contributed by atoms with Crippen molar-refractivity contribution in [3.8, 4) is 5.75 Å². The summed E-state index contributed by atoms with van der Waals surface area (Å²) >= 11 is 0. The van der Waals surface area contributed by atoms with Crippen molar-refractivity contribution in [3.05, 3.63) is 29.8 Å². The lowest BCUT2D eigenvalue weighted by Crippen LogP contribution is -2.34. The summed E-state index contributed by atoms with van der Waals surface area (Å²) in [5.41, 5.74) is 7.70. The fourth-order valence-corrected chi connectivity index (χ4v) is 2.42. The SMILES string of the molecule is CCC(N)C1(c2ccccc2OC)CC1. The number of para-hydroxylation sites is 1. The van der Waals surface area contributed by atoms with Gasteiger partial charge in [0.1, 0.15) is 5.75 Å². The van der Waals surface area contributed by atoms with Crippen molar-refractivity contribution in [3.63, 3.8) is 0 Å². The minimum atomic E-state index is 0.196. The zero-order valence-electron chi connectivity index (χ0n) is 9.49. The molecule has 0 saturated heterocycles. The Morgan fingerprint density at radius 2 is 2.07 bits per heavy atom. The van der Waals surface area contributed by atoms with E-state index in [0.29, 0.717) is 0 Å². The maximum atomic E-state index is 6.21. The van der Waals surface area contributed by atoms with Gasteiger partial charge in [0, 0.05) is 17.0 Å². The highest BCUT2D eigenvalue weighted by Gasteiger charge is 2.49. The van der Waals surface area contributed by atoms with E-state index in [4.69, 9.17) is 10.5 Å². The highest BCUT2D eigenvalue weighted by Crippen LogP contribution is 2.53. The molecule has 2 nitrogen and oxygen atoms in total. The lowest BCUT2D eigenvalue weighted by atomic mass is 9.86. The molecule has 0 amide bonds.